The Morgan fingerprint density at radius 1 is 1.44 bits per heavy atom. The highest BCUT2D eigenvalue weighted by Gasteiger charge is 2.26. The molecule has 8 nitrogen and oxygen atoms in total. The number of piperazine rings is 1. The van der Waals surface area contributed by atoms with Gasteiger partial charge in [-0.15, -0.1) is 10.2 Å². The average molecular weight is 274 g/mol. The Bertz CT molecular complexity index is 493. The van der Waals surface area contributed by atoms with Crippen LogP contribution in [0.25, 0.3) is 0 Å². The first-order valence-electron chi connectivity index (χ1n) is 5.83. The summed E-state index contributed by atoms with van der Waals surface area (Å²) in [6.07, 6.45) is 1.55. The van der Waals surface area contributed by atoms with Crippen molar-refractivity contribution >= 4 is 10.2 Å². The number of nitrogens with one attached hydrogen (secondary N) is 2. The topological polar surface area (TPSA) is 92.2 Å². The van der Waals surface area contributed by atoms with E-state index >= 15 is 0 Å². The summed E-state index contributed by atoms with van der Waals surface area (Å²) in [7, 11) is -1.68. The Balaban J connectivity index is 2.06. The Labute approximate surface area is 107 Å². The summed E-state index contributed by atoms with van der Waals surface area (Å²) in [6.45, 7) is 4.09. The van der Waals surface area contributed by atoms with Crippen molar-refractivity contribution in [2.75, 3.05) is 26.2 Å². The molecule has 1 saturated heterocycles. The van der Waals surface area contributed by atoms with E-state index in [9.17, 15) is 8.42 Å². The smallest absolute Gasteiger partial charge is 0.280 e. The van der Waals surface area contributed by atoms with E-state index in [-0.39, 0.29) is 0 Å². The second-order valence-electron chi connectivity index (χ2n) is 4.29. The quantitative estimate of drug-likeness (QED) is 0.706. The minimum atomic E-state index is -3.46. The van der Waals surface area contributed by atoms with E-state index < -0.39 is 16.3 Å². The molecule has 102 valence electrons. The van der Waals surface area contributed by atoms with Crippen molar-refractivity contribution in [3.63, 3.8) is 0 Å². The first-order chi connectivity index (χ1) is 8.50. The lowest BCUT2D eigenvalue weighted by Crippen LogP contribution is -2.50. The number of aromatic nitrogens is 3. The van der Waals surface area contributed by atoms with Crippen LogP contribution < -0.4 is 10.0 Å². The third-order valence-electron chi connectivity index (χ3n) is 2.88. The predicted molar refractivity (Wildman–Crippen MR) is 65.9 cm³/mol. The van der Waals surface area contributed by atoms with Gasteiger partial charge in [-0.3, -0.25) is 0 Å². The summed E-state index contributed by atoms with van der Waals surface area (Å²) < 4.78 is 30.0. The standard InChI is InChI=1S/C9H18N6O2S/c1-8(9-12-11-7-14(9)2)13-18(16,17)15-5-3-10-4-6-15/h7-8,10,13H,3-6H2,1-2H3. The van der Waals surface area contributed by atoms with Crippen LogP contribution in [0.3, 0.4) is 0 Å². The van der Waals surface area contributed by atoms with Gasteiger partial charge >= 0.3 is 0 Å². The molecule has 0 bridgehead atoms. The molecule has 2 rings (SSSR count). The second kappa shape index (κ2) is 5.31. The zero-order valence-electron chi connectivity index (χ0n) is 10.5. The molecule has 9 heteroatoms. The molecule has 1 aliphatic rings. The SMILES string of the molecule is CC(NS(=O)(=O)N1CCNCC1)c1nncn1C. The number of hydrogen-bond donors (Lipinski definition) is 2. The molecule has 0 aliphatic carbocycles. The zero-order valence-corrected chi connectivity index (χ0v) is 11.3. The summed E-state index contributed by atoms with van der Waals surface area (Å²) >= 11 is 0. The van der Waals surface area contributed by atoms with E-state index in [4.69, 9.17) is 0 Å². The van der Waals surface area contributed by atoms with Crippen LogP contribution in [0.15, 0.2) is 6.33 Å². The van der Waals surface area contributed by atoms with Gasteiger partial charge in [-0.05, 0) is 6.92 Å². The van der Waals surface area contributed by atoms with Gasteiger partial charge < -0.3 is 9.88 Å². The van der Waals surface area contributed by atoms with Crippen LogP contribution in [0.4, 0.5) is 0 Å². The minimum absolute atomic E-state index is 0.405. The molecule has 0 radical (unpaired) electrons. The average Bonchev–Trinajstić information content (AvgIpc) is 2.76. The van der Waals surface area contributed by atoms with E-state index in [0.29, 0.717) is 32.0 Å². The van der Waals surface area contributed by atoms with Crippen LogP contribution in [-0.4, -0.2) is 53.7 Å². The highest BCUT2D eigenvalue weighted by atomic mass is 32.2. The monoisotopic (exact) mass is 274 g/mol. The van der Waals surface area contributed by atoms with Gasteiger partial charge in [0.2, 0.25) is 0 Å². The molecule has 1 aromatic heterocycles. The number of hydrogen-bond acceptors (Lipinski definition) is 5. The maximum absolute atomic E-state index is 12.1. The fourth-order valence-electron chi connectivity index (χ4n) is 1.92. The second-order valence-corrected chi connectivity index (χ2v) is 6.00. The maximum atomic E-state index is 12.1. The van der Waals surface area contributed by atoms with Crippen molar-refractivity contribution in [1.29, 1.82) is 0 Å². The van der Waals surface area contributed by atoms with Gasteiger partial charge in [0.1, 0.15) is 6.33 Å². The van der Waals surface area contributed by atoms with Gasteiger partial charge in [0.15, 0.2) is 5.82 Å². The van der Waals surface area contributed by atoms with Crippen LogP contribution in [0.1, 0.15) is 18.8 Å². The fraction of sp³-hybridized carbons (Fsp3) is 0.778. The van der Waals surface area contributed by atoms with E-state index in [0.717, 1.165) is 0 Å². The summed E-state index contributed by atoms with van der Waals surface area (Å²) in [5.41, 5.74) is 0. The summed E-state index contributed by atoms with van der Waals surface area (Å²) in [4.78, 5) is 0. The van der Waals surface area contributed by atoms with Crippen molar-refractivity contribution in [1.82, 2.24) is 29.1 Å². The van der Waals surface area contributed by atoms with E-state index in [2.05, 4.69) is 20.2 Å². The molecule has 1 unspecified atom stereocenters. The molecule has 2 N–H and O–H groups in total. The molecule has 1 aliphatic heterocycles. The van der Waals surface area contributed by atoms with Crippen molar-refractivity contribution in [2.24, 2.45) is 7.05 Å². The third-order valence-corrected chi connectivity index (χ3v) is 4.57. The van der Waals surface area contributed by atoms with Crippen molar-refractivity contribution in [3.05, 3.63) is 12.2 Å². The number of rotatable bonds is 4. The summed E-state index contributed by atoms with van der Waals surface area (Å²) in [5, 5.41) is 10.8. The Morgan fingerprint density at radius 2 is 2.11 bits per heavy atom. The molecule has 0 spiro atoms. The molecule has 2 heterocycles. The van der Waals surface area contributed by atoms with Gasteiger partial charge in [0.25, 0.3) is 10.2 Å². The molecule has 0 aromatic carbocycles. The fourth-order valence-corrected chi connectivity index (χ4v) is 3.28. The van der Waals surface area contributed by atoms with Gasteiger partial charge in [-0.25, -0.2) is 0 Å². The van der Waals surface area contributed by atoms with Crippen LogP contribution in [0.2, 0.25) is 0 Å². The Morgan fingerprint density at radius 3 is 2.67 bits per heavy atom. The highest BCUT2D eigenvalue weighted by Crippen LogP contribution is 2.11. The maximum Gasteiger partial charge on any atom is 0.280 e. The summed E-state index contributed by atoms with van der Waals surface area (Å²) in [6, 6.07) is -0.405. The van der Waals surface area contributed by atoms with Crippen LogP contribution in [-0.2, 0) is 17.3 Å². The van der Waals surface area contributed by atoms with Crippen molar-refractivity contribution in [3.8, 4) is 0 Å². The summed E-state index contributed by atoms with van der Waals surface area (Å²) in [5.74, 6) is 0.591. The van der Waals surface area contributed by atoms with Crippen molar-refractivity contribution < 1.29 is 8.42 Å². The first-order valence-corrected chi connectivity index (χ1v) is 7.27. The molecule has 0 saturated carbocycles. The number of aryl methyl sites for hydroxylation is 1. The van der Waals surface area contributed by atoms with E-state index in [1.165, 1.54) is 4.31 Å². The Kier molecular flexibility index (Phi) is 3.95. The van der Waals surface area contributed by atoms with Gasteiger partial charge in [-0.2, -0.15) is 17.4 Å². The van der Waals surface area contributed by atoms with Gasteiger partial charge in [0, 0.05) is 33.2 Å². The first kappa shape index (κ1) is 13.4. The molecule has 18 heavy (non-hydrogen) atoms. The van der Waals surface area contributed by atoms with E-state index in [1.54, 1.807) is 24.9 Å². The molecular weight excluding hydrogens is 256 g/mol. The normalized spacial score (nSPS) is 19.9. The minimum Gasteiger partial charge on any atom is -0.319 e. The lowest BCUT2D eigenvalue weighted by Gasteiger charge is -2.27. The lowest BCUT2D eigenvalue weighted by molar-refractivity contribution is 0.351. The van der Waals surface area contributed by atoms with E-state index in [1.807, 2.05) is 0 Å². The third kappa shape index (κ3) is 2.86. The molecule has 1 atom stereocenters. The predicted octanol–water partition coefficient (Wildman–Crippen LogP) is -1.38. The molecule has 1 aromatic rings. The van der Waals surface area contributed by atoms with Gasteiger partial charge in [-0.1, -0.05) is 0 Å². The van der Waals surface area contributed by atoms with Gasteiger partial charge in [0.05, 0.1) is 6.04 Å². The molecular formula is C9H18N6O2S. The number of nitrogens with zero attached hydrogens (tertiary/aromatic N) is 4. The Hall–Kier alpha value is -1.03. The highest BCUT2D eigenvalue weighted by molar-refractivity contribution is 7.87. The van der Waals surface area contributed by atoms with Crippen LogP contribution >= 0.6 is 0 Å². The van der Waals surface area contributed by atoms with Crippen LogP contribution in [0, 0.1) is 0 Å². The van der Waals surface area contributed by atoms with Crippen molar-refractivity contribution in [2.45, 2.75) is 13.0 Å². The molecule has 1 fully saturated rings. The lowest BCUT2D eigenvalue weighted by atomic mass is 10.3. The van der Waals surface area contributed by atoms with Crippen LogP contribution in [0.5, 0.6) is 0 Å². The molecule has 0 amide bonds. The largest absolute Gasteiger partial charge is 0.319 e. The zero-order chi connectivity index (χ0) is 13.2.